The predicted molar refractivity (Wildman–Crippen MR) is 378 cm³/mol. The van der Waals surface area contributed by atoms with E-state index in [1.807, 2.05) is 21.1 Å². The van der Waals surface area contributed by atoms with Crippen molar-refractivity contribution in [1.82, 2.24) is 0 Å². The molecule has 0 N–H and O–H groups in total. The highest BCUT2D eigenvalue weighted by Crippen LogP contribution is 2.38. The summed E-state index contributed by atoms with van der Waals surface area (Å²) in [6.45, 7) is 3.96. The highest BCUT2D eigenvalue weighted by molar-refractivity contribution is 7.45. The summed E-state index contributed by atoms with van der Waals surface area (Å²) in [4.78, 5) is 38.0. The van der Waals surface area contributed by atoms with E-state index >= 15 is 0 Å². The molecule has 2 unspecified atom stereocenters. The Hall–Kier alpha value is -5.15. The number of carbonyl (C=O) groups excluding carboxylic acids is 2. The number of phosphoric ester groups is 1. The standard InChI is InChI=1S/C78H124NO8P/c1-6-8-10-12-14-16-18-20-22-24-26-28-30-32-34-35-36-37-38-39-40-41-42-43-45-47-49-51-53-55-57-59-61-63-65-67-69-71-78(81)87-76(75-86-88(82,83)85-73-72-79(3,4)5)74-84-77(80)70-68-66-64-62-60-58-56-54-52-50-48-46-44-33-31-29-27-25-23-21-19-17-15-13-11-9-7-2/h8-11,14-17,20-23,26-29,32-34,36-37,39-40,42-44,47-50,54,56,76H,6-7,12-13,18-19,24-25,30-31,35,38,41,45-46,51-53,55,57-75H2,1-5H3/b10-8-,11-9-,16-14-,17-15-,22-20-,23-21-,28-26-,29-27-,34-32-,37-36-,40-39-,43-42-,44-33-,49-47-,50-48-,56-54-. The normalized spacial score (nSPS) is 14.4. The lowest BCUT2D eigenvalue weighted by atomic mass is 10.1. The van der Waals surface area contributed by atoms with Gasteiger partial charge in [-0.2, -0.15) is 0 Å². The molecule has 0 aromatic heterocycles. The van der Waals surface area contributed by atoms with Gasteiger partial charge in [0.15, 0.2) is 6.10 Å². The number of rotatable bonds is 60. The van der Waals surface area contributed by atoms with Crippen LogP contribution >= 0.6 is 7.82 Å². The molecule has 88 heavy (non-hydrogen) atoms. The van der Waals surface area contributed by atoms with Crippen LogP contribution in [0.15, 0.2) is 194 Å². The van der Waals surface area contributed by atoms with Gasteiger partial charge in [-0.05, 0) is 141 Å². The predicted octanol–water partition coefficient (Wildman–Crippen LogP) is 21.9. The number of nitrogens with zero attached hydrogens (tertiary/aromatic N) is 1. The summed E-state index contributed by atoms with van der Waals surface area (Å²) in [5, 5.41) is 0. The van der Waals surface area contributed by atoms with Gasteiger partial charge in [0.05, 0.1) is 27.7 Å². The van der Waals surface area contributed by atoms with E-state index in [1.54, 1.807) is 0 Å². The van der Waals surface area contributed by atoms with Crippen molar-refractivity contribution in [2.45, 2.75) is 238 Å². The average molecular weight is 1230 g/mol. The number of quaternary nitrogens is 1. The third-order valence-electron chi connectivity index (χ3n) is 13.6. The largest absolute Gasteiger partial charge is 0.756 e. The van der Waals surface area contributed by atoms with E-state index in [0.717, 1.165) is 161 Å². The van der Waals surface area contributed by atoms with Crippen LogP contribution in [0.2, 0.25) is 0 Å². The molecule has 9 nitrogen and oxygen atoms in total. The number of allylic oxidation sites excluding steroid dienone is 32. The fraction of sp³-hybridized carbons (Fsp3) is 0.564. The summed E-state index contributed by atoms with van der Waals surface area (Å²) in [5.74, 6) is -0.877. The van der Waals surface area contributed by atoms with Crippen molar-refractivity contribution in [3.63, 3.8) is 0 Å². The van der Waals surface area contributed by atoms with E-state index < -0.39 is 32.5 Å². The van der Waals surface area contributed by atoms with Gasteiger partial charge in [0, 0.05) is 12.8 Å². The minimum Gasteiger partial charge on any atom is -0.756 e. The molecule has 0 aromatic carbocycles. The van der Waals surface area contributed by atoms with Gasteiger partial charge >= 0.3 is 11.9 Å². The number of esters is 2. The van der Waals surface area contributed by atoms with Crippen molar-refractivity contribution in [3.8, 4) is 0 Å². The third-order valence-corrected chi connectivity index (χ3v) is 14.6. The van der Waals surface area contributed by atoms with Crippen LogP contribution in [0.3, 0.4) is 0 Å². The van der Waals surface area contributed by atoms with Crippen molar-refractivity contribution >= 4 is 19.8 Å². The molecule has 0 radical (unpaired) electrons. The Balaban J connectivity index is 4.20. The Labute approximate surface area is 539 Å². The van der Waals surface area contributed by atoms with Crippen LogP contribution in [0.4, 0.5) is 0 Å². The Morgan fingerprint density at radius 3 is 0.909 bits per heavy atom. The Morgan fingerprint density at radius 2 is 0.614 bits per heavy atom. The maximum absolute atomic E-state index is 12.9. The summed E-state index contributed by atoms with van der Waals surface area (Å²) in [6, 6.07) is 0. The van der Waals surface area contributed by atoms with Gasteiger partial charge in [-0.1, -0.05) is 272 Å². The molecule has 2 atom stereocenters. The Kier molecular flexibility index (Phi) is 62.4. The zero-order valence-electron chi connectivity index (χ0n) is 56.1. The van der Waals surface area contributed by atoms with Gasteiger partial charge in [-0.3, -0.25) is 14.2 Å². The average Bonchev–Trinajstić information content (AvgIpc) is 3.68. The fourth-order valence-corrected chi connectivity index (χ4v) is 9.18. The first kappa shape index (κ1) is 82.8. The Bertz CT molecular complexity index is 2190. The minimum absolute atomic E-state index is 0.0467. The molecular weight excluding hydrogens is 1110 g/mol. The van der Waals surface area contributed by atoms with Gasteiger partial charge < -0.3 is 27.9 Å². The third kappa shape index (κ3) is 69.9. The molecular formula is C78H124NO8P. The lowest BCUT2D eigenvalue weighted by Gasteiger charge is -2.28. The maximum Gasteiger partial charge on any atom is 0.306 e. The topological polar surface area (TPSA) is 111 Å². The second kappa shape index (κ2) is 66.3. The molecule has 0 aliphatic rings. The van der Waals surface area contributed by atoms with Crippen molar-refractivity contribution in [2.24, 2.45) is 0 Å². The van der Waals surface area contributed by atoms with Crippen LogP contribution in [0.5, 0.6) is 0 Å². The quantitative estimate of drug-likeness (QED) is 0.0195. The zero-order valence-corrected chi connectivity index (χ0v) is 57.0. The summed E-state index contributed by atoms with van der Waals surface area (Å²) in [6.07, 6.45) is 103. The van der Waals surface area contributed by atoms with Crippen molar-refractivity contribution < 1.29 is 42.1 Å². The summed E-state index contributed by atoms with van der Waals surface area (Å²) in [5.41, 5.74) is 0. The SMILES string of the molecule is CC/C=C\C/C=C\C/C=C\C/C=C\C/C=C\C/C=C\C/C=C\C/C=C\C/C=C\CCCCCCCCCCCC(=O)OC(COC(=O)CCCCCCC/C=C\C/C=C\C/C=C\C/C=C\C/C=C\C/C=C\C/C=C\CC)COP(=O)([O-])OCC[N+](C)(C)C. The van der Waals surface area contributed by atoms with Gasteiger partial charge in [-0.25, -0.2) is 0 Å². The molecule has 0 rings (SSSR count). The van der Waals surface area contributed by atoms with E-state index in [-0.39, 0.29) is 26.1 Å². The molecule has 0 aromatic rings. The molecule has 0 saturated carbocycles. The lowest BCUT2D eigenvalue weighted by molar-refractivity contribution is -0.870. The molecule has 0 amide bonds. The van der Waals surface area contributed by atoms with Crippen molar-refractivity contribution in [3.05, 3.63) is 194 Å². The summed E-state index contributed by atoms with van der Waals surface area (Å²) < 4.78 is 34.2. The number of hydrogen-bond acceptors (Lipinski definition) is 8. The monoisotopic (exact) mass is 1230 g/mol. The number of unbranched alkanes of at least 4 members (excludes halogenated alkanes) is 14. The molecule has 0 saturated heterocycles. The minimum atomic E-state index is -4.66. The first-order valence-electron chi connectivity index (χ1n) is 34.1. The van der Waals surface area contributed by atoms with Crippen molar-refractivity contribution in [1.29, 1.82) is 0 Å². The number of carbonyl (C=O) groups is 2. The first-order valence-corrected chi connectivity index (χ1v) is 35.6. The molecule has 494 valence electrons. The second-order valence-electron chi connectivity index (χ2n) is 23.1. The first-order chi connectivity index (χ1) is 43.0. The van der Waals surface area contributed by atoms with E-state index in [9.17, 15) is 19.0 Å². The van der Waals surface area contributed by atoms with Crippen LogP contribution in [-0.2, 0) is 32.7 Å². The van der Waals surface area contributed by atoms with Gasteiger partial charge in [0.25, 0.3) is 7.82 Å². The fourth-order valence-electron chi connectivity index (χ4n) is 8.45. The molecule has 0 aliphatic heterocycles. The number of hydrogen-bond donors (Lipinski definition) is 0. The van der Waals surface area contributed by atoms with Crippen LogP contribution in [0, 0.1) is 0 Å². The number of phosphoric acid groups is 1. The zero-order chi connectivity index (χ0) is 64.1. The van der Waals surface area contributed by atoms with E-state index in [2.05, 4.69) is 208 Å². The maximum atomic E-state index is 12.9. The number of ether oxygens (including phenoxy) is 2. The lowest BCUT2D eigenvalue weighted by Crippen LogP contribution is -2.37. The van der Waals surface area contributed by atoms with Crippen LogP contribution < -0.4 is 4.89 Å². The van der Waals surface area contributed by atoms with Crippen molar-refractivity contribution in [2.75, 3.05) is 47.5 Å². The molecule has 10 heteroatoms. The highest BCUT2D eigenvalue weighted by atomic mass is 31.2. The molecule has 0 bridgehead atoms. The number of likely N-dealkylation sites (N-methyl/N-ethyl adjacent to an activating group) is 1. The van der Waals surface area contributed by atoms with E-state index in [1.165, 1.54) is 32.1 Å². The second-order valence-corrected chi connectivity index (χ2v) is 24.5. The summed E-state index contributed by atoms with van der Waals surface area (Å²) >= 11 is 0. The van der Waals surface area contributed by atoms with E-state index in [0.29, 0.717) is 23.9 Å². The Morgan fingerprint density at radius 1 is 0.352 bits per heavy atom. The van der Waals surface area contributed by atoms with Gasteiger partial charge in [0.1, 0.15) is 19.8 Å². The van der Waals surface area contributed by atoms with Gasteiger partial charge in [0.2, 0.25) is 0 Å². The smallest absolute Gasteiger partial charge is 0.306 e. The van der Waals surface area contributed by atoms with Crippen LogP contribution in [0.1, 0.15) is 232 Å². The molecule has 0 spiro atoms. The molecule has 0 fully saturated rings. The molecule has 0 aliphatic carbocycles. The van der Waals surface area contributed by atoms with E-state index in [4.69, 9.17) is 18.5 Å². The summed E-state index contributed by atoms with van der Waals surface area (Å²) in [7, 11) is 1.12. The van der Waals surface area contributed by atoms with Gasteiger partial charge in [-0.15, -0.1) is 0 Å². The highest BCUT2D eigenvalue weighted by Gasteiger charge is 2.22. The molecule has 0 heterocycles. The van der Waals surface area contributed by atoms with Crippen LogP contribution in [-0.4, -0.2) is 70.0 Å². The van der Waals surface area contributed by atoms with Crippen LogP contribution in [0.25, 0.3) is 0 Å².